The Balaban J connectivity index is 1.81. The molecule has 24 heavy (non-hydrogen) atoms. The van der Waals surface area contributed by atoms with E-state index in [9.17, 15) is 4.79 Å². The van der Waals surface area contributed by atoms with Crippen molar-refractivity contribution >= 4 is 11.0 Å². The van der Waals surface area contributed by atoms with E-state index >= 15 is 0 Å². The van der Waals surface area contributed by atoms with Gasteiger partial charge in [0.1, 0.15) is 17.0 Å². The molecule has 0 atom stereocenters. The Morgan fingerprint density at radius 3 is 2.71 bits per heavy atom. The van der Waals surface area contributed by atoms with Crippen LogP contribution >= 0.6 is 0 Å². The van der Waals surface area contributed by atoms with Crippen LogP contribution in [0.25, 0.3) is 27.9 Å². The predicted octanol–water partition coefficient (Wildman–Crippen LogP) is 3.05. The minimum Gasteiger partial charge on any atom is -0.497 e. The predicted molar refractivity (Wildman–Crippen MR) is 89.4 cm³/mol. The van der Waals surface area contributed by atoms with Gasteiger partial charge in [0.15, 0.2) is 5.69 Å². The average Bonchev–Trinajstić information content (AvgIpc) is 3.11. The van der Waals surface area contributed by atoms with Crippen LogP contribution in [0.1, 0.15) is 0 Å². The summed E-state index contributed by atoms with van der Waals surface area (Å²) in [5.74, 6) is 0.630. The van der Waals surface area contributed by atoms with E-state index in [0.717, 1.165) is 10.9 Å². The molecule has 6 heteroatoms. The van der Waals surface area contributed by atoms with Gasteiger partial charge < -0.3 is 9.15 Å². The third-order valence-electron chi connectivity index (χ3n) is 3.73. The second-order valence-corrected chi connectivity index (χ2v) is 5.24. The second kappa shape index (κ2) is 5.66. The van der Waals surface area contributed by atoms with Gasteiger partial charge >= 0.3 is 5.63 Å². The molecule has 0 radical (unpaired) electrons. The van der Waals surface area contributed by atoms with Crippen LogP contribution in [0.3, 0.4) is 0 Å². The lowest BCUT2D eigenvalue weighted by atomic mass is 10.2. The monoisotopic (exact) mass is 319 g/mol. The van der Waals surface area contributed by atoms with Crippen molar-refractivity contribution in [1.82, 2.24) is 15.0 Å². The molecule has 6 nitrogen and oxygen atoms in total. The minimum atomic E-state index is -0.486. The van der Waals surface area contributed by atoms with Gasteiger partial charge in [-0.3, -0.25) is 0 Å². The lowest BCUT2D eigenvalue weighted by Crippen LogP contribution is -2.10. The highest BCUT2D eigenvalue weighted by Crippen LogP contribution is 2.22. The average molecular weight is 319 g/mol. The normalized spacial score (nSPS) is 10.9. The van der Waals surface area contributed by atoms with Gasteiger partial charge in [-0.2, -0.15) is 0 Å². The Labute approximate surface area is 136 Å². The van der Waals surface area contributed by atoms with Gasteiger partial charge in [0, 0.05) is 17.0 Å². The fourth-order valence-electron chi connectivity index (χ4n) is 2.49. The fraction of sp³-hybridized carbons (Fsp3) is 0.0556. The van der Waals surface area contributed by atoms with E-state index in [-0.39, 0.29) is 0 Å². The quantitative estimate of drug-likeness (QED) is 0.543. The van der Waals surface area contributed by atoms with Crippen molar-refractivity contribution in [1.29, 1.82) is 0 Å². The van der Waals surface area contributed by atoms with Crippen molar-refractivity contribution in [2.45, 2.75) is 0 Å². The van der Waals surface area contributed by atoms with Crippen molar-refractivity contribution in [3.8, 4) is 22.7 Å². The van der Waals surface area contributed by atoms with Gasteiger partial charge in [-0.25, -0.2) is 9.48 Å². The number of hydrogen-bond acceptors (Lipinski definition) is 5. The molecule has 0 aliphatic rings. The van der Waals surface area contributed by atoms with Crippen LogP contribution in [0.4, 0.5) is 0 Å². The molecule has 4 rings (SSSR count). The van der Waals surface area contributed by atoms with Gasteiger partial charge in [0.25, 0.3) is 0 Å². The molecule has 4 aromatic rings. The van der Waals surface area contributed by atoms with Crippen molar-refractivity contribution in [3.05, 3.63) is 71.2 Å². The van der Waals surface area contributed by atoms with Gasteiger partial charge in [-0.1, -0.05) is 35.5 Å². The van der Waals surface area contributed by atoms with Crippen molar-refractivity contribution in [2.75, 3.05) is 7.11 Å². The van der Waals surface area contributed by atoms with Crippen LogP contribution in [0.15, 0.2) is 70.0 Å². The van der Waals surface area contributed by atoms with Crippen molar-refractivity contribution < 1.29 is 9.15 Å². The van der Waals surface area contributed by atoms with Crippen LogP contribution in [0, 0.1) is 0 Å². The number of ether oxygens (including phenoxy) is 1. The summed E-state index contributed by atoms with van der Waals surface area (Å²) in [5, 5.41) is 8.95. The summed E-state index contributed by atoms with van der Waals surface area (Å²) in [6, 6.07) is 16.7. The van der Waals surface area contributed by atoms with E-state index in [0.29, 0.717) is 22.7 Å². The summed E-state index contributed by atoms with van der Waals surface area (Å²) in [7, 11) is 1.56. The zero-order valence-corrected chi connectivity index (χ0v) is 12.8. The molecule has 2 aromatic carbocycles. The van der Waals surface area contributed by atoms with E-state index in [1.807, 2.05) is 42.5 Å². The molecule has 0 N–H and O–H groups in total. The SMILES string of the molecule is COc1ccc2cc(-n3cc(-c4ccccc4)nn3)c(=O)oc2c1. The van der Waals surface area contributed by atoms with Crippen LogP contribution < -0.4 is 10.4 Å². The van der Waals surface area contributed by atoms with Gasteiger partial charge in [-0.05, 0) is 18.2 Å². The molecule has 0 aliphatic carbocycles. The maximum absolute atomic E-state index is 12.3. The number of rotatable bonds is 3. The first-order chi connectivity index (χ1) is 11.7. The first-order valence-electron chi connectivity index (χ1n) is 7.34. The zero-order valence-electron chi connectivity index (χ0n) is 12.8. The molecule has 0 bridgehead atoms. The van der Waals surface area contributed by atoms with E-state index in [1.165, 1.54) is 4.68 Å². The standard InChI is InChI=1S/C18H13N3O3/c1-23-14-8-7-13-9-16(18(22)24-17(13)10-14)21-11-15(19-20-21)12-5-3-2-4-6-12/h2-11H,1H3. The highest BCUT2D eigenvalue weighted by molar-refractivity contribution is 5.79. The molecule has 0 unspecified atom stereocenters. The maximum Gasteiger partial charge on any atom is 0.362 e. The highest BCUT2D eigenvalue weighted by atomic mass is 16.5. The Kier molecular flexibility index (Phi) is 3.35. The van der Waals surface area contributed by atoms with Gasteiger partial charge in [0.05, 0.1) is 13.3 Å². The number of fused-ring (bicyclic) bond motifs is 1. The molecule has 0 amide bonds. The molecule has 2 aromatic heterocycles. The Morgan fingerprint density at radius 2 is 1.92 bits per heavy atom. The number of hydrogen-bond donors (Lipinski definition) is 0. The van der Waals surface area contributed by atoms with E-state index in [2.05, 4.69) is 10.3 Å². The van der Waals surface area contributed by atoms with Gasteiger partial charge in [0.2, 0.25) is 0 Å². The molecule has 2 heterocycles. The summed E-state index contributed by atoms with van der Waals surface area (Å²) in [6.07, 6.45) is 1.71. The number of methoxy groups -OCH3 is 1. The van der Waals surface area contributed by atoms with Crippen LogP contribution in [0.2, 0.25) is 0 Å². The lowest BCUT2D eigenvalue weighted by molar-refractivity contribution is 0.414. The number of aromatic nitrogens is 3. The minimum absolute atomic E-state index is 0.308. The summed E-state index contributed by atoms with van der Waals surface area (Å²) in [6.45, 7) is 0. The lowest BCUT2D eigenvalue weighted by Gasteiger charge is -2.03. The summed E-state index contributed by atoms with van der Waals surface area (Å²) in [5.41, 5.74) is 1.90. The third-order valence-corrected chi connectivity index (χ3v) is 3.73. The van der Waals surface area contributed by atoms with Crippen LogP contribution in [-0.4, -0.2) is 22.1 Å². The van der Waals surface area contributed by atoms with Crippen LogP contribution in [0.5, 0.6) is 5.75 Å². The number of nitrogens with zero attached hydrogens (tertiary/aromatic N) is 3. The van der Waals surface area contributed by atoms with E-state index in [4.69, 9.17) is 9.15 Å². The fourth-order valence-corrected chi connectivity index (χ4v) is 2.49. The molecule has 0 saturated carbocycles. The Hall–Kier alpha value is -3.41. The largest absolute Gasteiger partial charge is 0.497 e. The molecular formula is C18H13N3O3. The molecular weight excluding hydrogens is 306 g/mol. The van der Waals surface area contributed by atoms with Crippen molar-refractivity contribution in [2.24, 2.45) is 0 Å². The molecule has 118 valence electrons. The number of benzene rings is 2. The van der Waals surface area contributed by atoms with Crippen molar-refractivity contribution in [3.63, 3.8) is 0 Å². The maximum atomic E-state index is 12.3. The topological polar surface area (TPSA) is 70.2 Å². The smallest absolute Gasteiger partial charge is 0.362 e. The molecule has 0 aliphatic heterocycles. The Morgan fingerprint density at radius 1 is 1.08 bits per heavy atom. The first kappa shape index (κ1) is 14.2. The Bertz CT molecular complexity index is 1070. The summed E-state index contributed by atoms with van der Waals surface area (Å²) in [4.78, 5) is 12.3. The molecule has 0 saturated heterocycles. The summed E-state index contributed by atoms with van der Waals surface area (Å²) >= 11 is 0. The van der Waals surface area contributed by atoms with Gasteiger partial charge in [-0.15, -0.1) is 5.10 Å². The zero-order chi connectivity index (χ0) is 16.5. The van der Waals surface area contributed by atoms with E-state index < -0.39 is 5.63 Å². The second-order valence-electron chi connectivity index (χ2n) is 5.24. The highest BCUT2D eigenvalue weighted by Gasteiger charge is 2.11. The summed E-state index contributed by atoms with van der Waals surface area (Å²) < 4.78 is 11.9. The first-order valence-corrected chi connectivity index (χ1v) is 7.34. The van der Waals surface area contributed by atoms with E-state index in [1.54, 1.807) is 25.4 Å². The van der Waals surface area contributed by atoms with Crippen LogP contribution in [-0.2, 0) is 0 Å². The third kappa shape index (κ3) is 2.44. The molecule has 0 fully saturated rings. The molecule has 0 spiro atoms.